The zero-order valence-electron chi connectivity index (χ0n) is 14.7. The van der Waals surface area contributed by atoms with Crippen LogP contribution >= 0.6 is 34.0 Å². The maximum atomic E-state index is 14.9. The molecule has 0 bridgehead atoms. The second-order valence-corrected chi connectivity index (χ2v) is 9.81. The number of hydrogen-bond acceptors (Lipinski definition) is 3. The quantitative estimate of drug-likeness (QED) is 0.169. The van der Waals surface area contributed by atoms with E-state index in [-0.39, 0.29) is 15.0 Å². The van der Waals surface area contributed by atoms with Gasteiger partial charge in [-0.25, -0.2) is 22.0 Å². The second kappa shape index (κ2) is 6.23. The molecule has 6 rings (SSSR count). The fraction of sp³-hybridized carbons (Fsp3) is 0. The summed E-state index contributed by atoms with van der Waals surface area (Å²) in [5, 5.41) is 0.863. The molecule has 0 spiro atoms. The van der Waals surface area contributed by atoms with Gasteiger partial charge in [0.25, 0.3) is 0 Å². The first kappa shape index (κ1) is 18.2. The van der Waals surface area contributed by atoms with Crippen LogP contribution in [0.3, 0.4) is 0 Å². The third-order valence-electron chi connectivity index (χ3n) is 5.10. The van der Waals surface area contributed by atoms with Crippen LogP contribution in [0.4, 0.5) is 22.0 Å². The molecule has 0 unspecified atom stereocenters. The van der Waals surface area contributed by atoms with Crippen LogP contribution in [-0.4, -0.2) is 0 Å². The van der Waals surface area contributed by atoms with Crippen LogP contribution in [0, 0.1) is 29.1 Å². The first-order valence-electron chi connectivity index (χ1n) is 8.74. The summed E-state index contributed by atoms with van der Waals surface area (Å²) in [5.74, 6) is -5.85. The molecule has 0 nitrogen and oxygen atoms in total. The number of halogens is 5. The van der Waals surface area contributed by atoms with Crippen molar-refractivity contribution in [3.8, 4) is 11.1 Å². The summed E-state index contributed by atoms with van der Waals surface area (Å²) in [6.45, 7) is 0. The first-order chi connectivity index (χ1) is 14.5. The van der Waals surface area contributed by atoms with Gasteiger partial charge in [0.15, 0.2) is 29.1 Å². The van der Waals surface area contributed by atoms with Gasteiger partial charge in [0, 0.05) is 16.3 Å². The summed E-state index contributed by atoms with van der Waals surface area (Å²) in [7, 11) is 0. The topological polar surface area (TPSA) is 0 Å². The standard InChI is InChI=1S/C22H7F5S3/c23-10-7-6-9-17(13(10)24)28-21-18(9)29-20-12-11(8-4-2-1-3-5-8)14(25)15(26)16(27)19(12)30-22(20)21/h1-7H. The normalized spacial score (nSPS) is 12.2. The van der Waals surface area contributed by atoms with Crippen LogP contribution in [0.15, 0.2) is 42.5 Å². The summed E-state index contributed by atoms with van der Waals surface area (Å²) < 4.78 is 74.7. The van der Waals surface area contributed by atoms with Crippen molar-refractivity contribution in [1.29, 1.82) is 0 Å². The molecule has 0 aliphatic rings. The summed E-state index contributed by atoms with van der Waals surface area (Å²) in [6, 6.07) is 11.0. The maximum absolute atomic E-state index is 14.9. The maximum Gasteiger partial charge on any atom is 0.196 e. The molecule has 0 aliphatic heterocycles. The van der Waals surface area contributed by atoms with Crippen molar-refractivity contribution in [1.82, 2.24) is 0 Å². The molecule has 148 valence electrons. The van der Waals surface area contributed by atoms with Gasteiger partial charge in [-0.3, -0.25) is 0 Å². The largest absolute Gasteiger partial charge is 0.204 e. The number of benzene rings is 3. The van der Waals surface area contributed by atoms with Crippen molar-refractivity contribution in [2.75, 3.05) is 0 Å². The SMILES string of the molecule is Fc1ccc2c(sc3c2sc2c3sc3c(F)c(F)c(F)c(-c4ccccc4)c32)c1F. The summed E-state index contributed by atoms with van der Waals surface area (Å²) >= 11 is 3.33. The predicted octanol–water partition coefficient (Wildman–Crippen LogP) is 8.85. The van der Waals surface area contributed by atoms with E-state index in [4.69, 9.17) is 0 Å². The van der Waals surface area contributed by atoms with E-state index < -0.39 is 29.1 Å². The average molecular weight is 462 g/mol. The lowest BCUT2D eigenvalue weighted by molar-refractivity contribution is 0.456. The monoisotopic (exact) mass is 462 g/mol. The van der Waals surface area contributed by atoms with Gasteiger partial charge in [-0.1, -0.05) is 30.3 Å². The Bertz CT molecular complexity index is 1640. The minimum atomic E-state index is -1.52. The Labute approximate surface area is 177 Å². The minimum Gasteiger partial charge on any atom is -0.204 e. The van der Waals surface area contributed by atoms with E-state index in [2.05, 4.69) is 0 Å². The number of rotatable bonds is 1. The van der Waals surface area contributed by atoms with Gasteiger partial charge in [0.2, 0.25) is 0 Å². The fourth-order valence-electron chi connectivity index (χ4n) is 3.77. The smallest absolute Gasteiger partial charge is 0.196 e. The highest BCUT2D eigenvalue weighted by molar-refractivity contribution is 7.43. The Hall–Kier alpha value is -2.55. The Kier molecular flexibility index (Phi) is 3.79. The lowest BCUT2D eigenvalue weighted by atomic mass is 10.0. The molecule has 30 heavy (non-hydrogen) atoms. The molecule has 8 heteroatoms. The van der Waals surface area contributed by atoms with Gasteiger partial charge >= 0.3 is 0 Å². The van der Waals surface area contributed by atoms with Gasteiger partial charge in [-0.05, 0) is 17.7 Å². The lowest BCUT2D eigenvalue weighted by Crippen LogP contribution is -1.95. The van der Waals surface area contributed by atoms with Crippen LogP contribution < -0.4 is 0 Å². The van der Waals surface area contributed by atoms with Gasteiger partial charge < -0.3 is 0 Å². The lowest BCUT2D eigenvalue weighted by Gasteiger charge is -2.08. The van der Waals surface area contributed by atoms with Gasteiger partial charge in [-0.15, -0.1) is 34.0 Å². The molecule has 0 N–H and O–H groups in total. The Morgan fingerprint density at radius 3 is 1.93 bits per heavy atom. The molecule has 0 saturated heterocycles. The van der Waals surface area contributed by atoms with E-state index in [1.165, 1.54) is 17.4 Å². The zero-order valence-corrected chi connectivity index (χ0v) is 17.1. The average Bonchev–Trinajstić information content (AvgIpc) is 3.39. The van der Waals surface area contributed by atoms with Crippen LogP contribution in [-0.2, 0) is 0 Å². The molecule has 3 heterocycles. The van der Waals surface area contributed by atoms with E-state index >= 15 is 0 Å². The molecular weight excluding hydrogens is 455 g/mol. The highest BCUT2D eigenvalue weighted by Gasteiger charge is 2.27. The van der Waals surface area contributed by atoms with Crippen molar-refractivity contribution >= 4 is 73.0 Å². The molecule has 0 aliphatic carbocycles. The highest BCUT2D eigenvalue weighted by atomic mass is 32.1. The third-order valence-corrected chi connectivity index (χ3v) is 9.14. The van der Waals surface area contributed by atoms with E-state index in [0.717, 1.165) is 33.4 Å². The molecule has 0 atom stereocenters. The summed E-state index contributed by atoms with van der Waals surface area (Å²) in [5.41, 5.74) is 0.444. The van der Waals surface area contributed by atoms with Gasteiger partial charge in [0.1, 0.15) is 0 Å². The Morgan fingerprint density at radius 1 is 0.500 bits per heavy atom. The van der Waals surface area contributed by atoms with E-state index in [1.54, 1.807) is 30.3 Å². The van der Waals surface area contributed by atoms with Crippen molar-refractivity contribution in [2.24, 2.45) is 0 Å². The van der Waals surface area contributed by atoms with Crippen LogP contribution in [0.2, 0.25) is 0 Å². The van der Waals surface area contributed by atoms with Crippen LogP contribution in [0.25, 0.3) is 50.1 Å². The second-order valence-electron chi connectivity index (χ2n) is 6.75. The molecule has 0 radical (unpaired) electrons. The van der Waals surface area contributed by atoms with E-state index in [1.807, 2.05) is 0 Å². The van der Waals surface area contributed by atoms with Crippen LogP contribution in [0.5, 0.6) is 0 Å². The van der Waals surface area contributed by atoms with Gasteiger partial charge in [-0.2, -0.15) is 0 Å². The summed E-state index contributed by atoms with van der Waals surface area (Å²) in [6.07, 6.45) is 0. The molecule has 6 aromatic rings. The van der Waals surface area contributed by atoms with E-state index in [0.29, 0.717) is 30.4 Å². The Balaban J connectivity index is 1.83. The highest BCUT2D eigenvalue weighted by Crippen LogP contribution is 2.53. The minimum absolute atomic E-state index is 0.00573. The summed E-state index contributed by atoms with van der Waals surface area (Å²) in [4.78, 5) is 0. The number of fused-ring (bicyclic) bond motifs is 7. The fourth-order valence-corrected chi connectivity index (χ4v) is 8.11. The first-order valence-corrected chi connectivity index (χ1v) is 11.2. The number of thiophene rings is 3. The predicted molar refractivity (Wildman–Crippen MR) is 115 cm³/mol. The van der Waals surface area contributed by atoms with Crippen LogP contribution in [0.1, 0.15) is 0 Å². The van der Waals surface area contributed by atoms with Crippen molar-refractivity contribution < 1.29 is 22.0 Å². The molecule has 0 fully saturated rings. The number of hydrogen-bond donors (Lipinski definition) is 0. The molecule has 0 saturated carbocycles. The molecule has 0 amide bonds. The molecular formula is C22H7F5S3. The third kappa shape index (κ3) is 2.24. The van der Waals surface area contributed by atoms with Crippen molar-refractivity contribution in [3.63, 3.8) is 0 Å². The zero-order chi connectivity index (χ0) is 20.7. The molecule has 3 aromatic carbocycles. The van der Waals surface area contributed by atoms with Crippen molar-refractivity contribution in [3.05, 3.63) is 71.6 Å². The molecule has 3 aromatic heterocycles. The van der Waals surface area contributed by atoms with Crippen molar-refractivity contribution in [2.45, 2.75) is 0 Å². The van der Waals surface area contributed by atoms with Gasteiger partial charge in [0.05, 0.1) is 28.2 Å². The Morgan fingerprint density at radius 2 is 1.17 bits per heavy atom. The van der Waals surface area contributed by atoms with E-state index in [9.17, 15) is 22.0 Å².